The number of hydrogen-bond donors (Lipinski definition) is 1. The van der Waals surface area contributed by atoms with E-state index < -0.39 is 0 Å². The third-order valence-corrected chi connectivity index (χ3v) is 2.53. The van der Waals surface area contributed by atoms with Gasteiger partial charge in [0.05, 0.1) is 19.9 Å². The van der Waals surface area contributed by atoms with Crippen LogP contribution in [-0.2, 0) is 6.61 Å². The van der Waals surface area contributed by atoms with Crippen LogP contribution in [0.5, 0.6) is 11.5 Å². The average Bonchev–Trinajstić information content (AvgIpc) is 2.46. The van der Waals surface area contributed by atoms with Crippen molar-refractivity contribution in [2.24, 2.45) is 0 Å². The van der Waals surface area contributed by atoms with Gasteiger partial charge in [-0.15, -0.1) is 0 Å². The Bertz CT molecular complexity index is 544. The van der Waals surface area contributed by atoms with Crippen LogP contribution in [0.25, 0.3) is 11.3 Å². The van der Waals surface area contributed by atoms with Crippen LogP contribution >= 0.6 is 0 Å². The van der Waals surface area contributed by atoms with E-state index in [4.69, 9.17) is 14.6 Å². The molecule has 0 aliphatic carbocycles. The number of hydrogen-bond acceptors (Lipinski definition) is 5. The molecule has 0 amide bonds. The highest BCUT2D eigenvalue weighted by Gasteiger charge is 2.07. The van der Waals surface area contributed by atoms with Gasteiger partial charge in [-0.25, -0.2) is 9.97 Å². The molecule has 1 N–H and O–H groups in total. The van der Waals surface area contributed by atoms with Gasteiger partial charge in [-0.2, -0.15) is 0 Å². The van der Waals surface area contributed by atoms with Crippen molar-refractivity contribution in [3.63, 3.8) is 0 Å². The Morgan fingerprint density at radius 2 is 1.89 bits per heavy atom. The number of aliphatic hydroxyl groups excluding tert-OH is 1. The fourth-order valence-corrected chi connectivity index (χ4v) is 1.63. The largest absolute Gasteiger partial charge is 0.493 e. The second kappa shape index (κ2) is 5.46. The second-order valence-electron chi connectivity index (χ2n) is 3.59. The Labute approximate surface area is 105 Å². The summed E-state index contributed by atoms with van der Waals surface area (Å²) in [5.41, 5.74) is 1.61. The van der Waals surface area contributed by atoms with Crippen molar-refractivity contribution in [2.75, 3.05) is 14.2 Å². The van der Waals surface area contributed by atoms with E-state index in [1.165, 1.54) is 0 Å². The molecule has 5 nitrogen and oxygen atoms in total. The van der Waals surface area contributed by atoms with Crippen LogP contribution in [0, 0.1) is 0 Å². The van der Waals surface area contributed by atoms with Crippen molar-refractivity contribution in [3.8, 4) is 22.8 Å². The second-order valence-corrected chi connectivity index (χ2v) is 3.59. The predicted molar refractivity (Wildman–Crippen MR) is 66.5 cm³/mol. The molecule has 0 radical (unpaired) electrons. The molecule has 0 aliphatic rings. The lowest BCUT2D eigenvalue weighted by Gasteiger charge is -2.09. The van der Waals surface area contributed by atoms with Gasteiger partial charge in [0.2, 0.25) is 0 Å². The first-order valence-electron chi connectivity index (χ1n) is 5.43. The molecule has 1 aromatic heterocycles. The number of aliphatic hydroxyl groups is 1. The van der Waals surface area contributed by atoms with E-state index in [1.807, 2.05) is 18.2 Å². The minimum absolute atomic E-state index is 0.179. The Morgan fingerprint density at radius 3 is 2.56 bits per heavy atom. The van der Waals surface area contributed by atoms with Gasteiger partial charge in [0.25, 0.3) is 0 Å². The van der Waals surface area contributed by atoms with Crippen LogP contribution in [-0.4, -0.2) is 29.3 Å². The van der Waals surface area contributed by atoms with E-state index >= 15 is 0 Å². The molecule has 1 aromatic carbocycles. The normalized spacial score (nSPS) is 10.2. The van der Waals surface area contributed by atoms with Crippen LogP contribution in [0.4, 0.5) is 0 Å². The molecule has 0 bridgehead atoms. The molecule has 5 heteroatoms. The third kappa shape index (κ3) is 2.41. The van der Waals surface area contributed by atoms with Crippen molar-refractivity contribution in [1.29, 1.82) is 0 Å². The van der Waals surface area contributed by atoms with Crippen molar-refractivity contribution >= 4 is 0 Å². The molecular weight excluding hydrogens is 232 g/mol. The fourth-order valence-electron chi connectivity index (χ4n) is 1.63. The van der Waals surface area contributed by atoms with Gasteiger partial charge in [0.1, 0.15) is 6.61 Å². The van der Waals surface area contributed by atoms with Crippen molar-refractivity contribution in [2.45, 2.75) is 6.61 Å². The topological polar surface area (TPSA) is 64.5 Å². The van der Waals surface area contributed by atoms with Crippen LogP contribution < -0.4 is 9.47 Å². The highest BCUT2D eigenvalue weighted by molar-refractivity contribution is 5.63. The van der Waals surface area contributed by atoms with Crippen molar-refractivity contribution in [3.05, 3.63) is 36.3 Å². The highest BCUT2D eigenvalue weighted by atomic mass is 16.5. The van der Waals surface area contributed by atoms with E-state index in [9.17, 15) is 0 Å². The summed E-state index contributed by atoms with van der Waals surface area (Å²) in [4.78, 5) is 8.18. The summed E-state index contributed by atoms with van der Waals surface area (Å²) in [5, 5.41) is 9.02. The van der Waals surface area contributed by atoms with Gasteiger partial charge in [-0.3, -0.25) is 0 Å². The molecule has 0 saturated heterocycles. The van der Waals surface area contributed by atoms with Gasteiger partial charge >= 0.3 is 0 Å². The van der Waals surface area contributed by atoms with E-state index in [2.05, 4.69) is 9.97 Å². The lowest BCUT2D eigenvalue weighted by atomic mass is 10.1. The first-order valence-corrected chi connectivity index (χ1v) is 5.43. The van der Waals surface area contributed by atoms with Crippen molar-refractivity contribution in [1.82, 2.24) is 9.97 Å². The van der Waals surface area contributed by atoms with E-state index in [0.717, 1.165) is 11.3 Å². The fraction of sp³-hybridized carbons (Fsp3) is 0.231. The zero-order valence-corrected chi connectivity index (χ0v) is 10.3. The summed E-state index contributed by atoms with van der Waals surface area (Å²) in [5.74, 6) is 1.69. The maximum absolute atomic E-state index is 9.02. The third-order valence-electron chi connectivity index (χ3n) is 2.53. The molecular formula is C13H14N2O3. The van der Waals surface area contributed by atoms with E-state index in [1.54, 1.807) is 26.5 Å². The number of aromatic nitrogens is 2. The smallest absolute Gasteiger partial charge is 0.161 e. The number of benzene rings is 1. The van der Waals surface area contributed by atoms with E-state index in [-0.39, 0.29) is 6.61 Å². The number of methoxy groups -OCH3 is 2. The summed E-state index contributed by atoms with van der Waals surface area (Å²) in [7, 11) is 3.17. The molecule has 0 atom stereocenters. The Balaban J connectivity index is 2.43. The summed E-state index contributed by atoms with van der Waals surface area (Å²) < 4.78 is 10.4. The average molecular weight is 246 g/mol. The van der Waals surface area contributed by atoms with Crippen molar-refractivity contribution < 1.29 is 14.6 Å². The summed E-state index contributed by atoms with van der Waals surface area (Å²) in [6, 6.07) is 7.31. The molecule has 0 spiro atoms. The zero-order chi connectivity index (χ0) is 13.0. The van der Waals surface area contributed by atoms with Gasteiger partial charge in [0, 0.05) is 11.8 Å². The molecule has 0 unspecified atom stereocenters. The molecule has 0 saturated carbocycles. The molecule has 1 heterocycles. The quantitative estimate of drug-likeness (QED) is 0.888. The molecule has 94 valence electrons. The van der Waals surface area contributed by atoms with E-state index in [0.29, 0.717) is 17.3 Å². The molecule has 0 aliphatic heterocycles. The molecule has 2 rings (SSSR count). The lowest BCUT2D eigenvalue weighted by molar-refractivity contribution is 0.271. The number of rotatable bonds is 4. The number of nitrogens with zero attached hydrogens (tertiary/aromatic N) is 2. The van der Waals surface area contributed by atoms with Crippen LogP contribution in [0.1, 0.15) is 5.82 Å². The summed E-state index contributed by atoms with van der Waals surface area (Å²) >= 11 is 0. The Hall–Kier alpha value is -2.14. The van der Waals surface area contributed by atoms with Crippen LogP contribution in [0.2, 0.25) is 0 Å². The Kier molecular flexibility index (Phi) is 3.74. The molecule has 0 fully saturated rings. The number of ether oxygens (including phenoxy) is 2. The van der Waals surface area contributed by atoms with Gasteiger partial charge < -0.3 is 14.6 Å². The van der Waals surface area contributed by atoms with Crippen LogP contribution in [0.15, 0.2) is 30.5 Å². The first kappa shape index (κ1) is 12.3. The minimum atomic E-state index is -0.179. The lowest BCUT2D eigenvalue weighted by Crippen LogP contribution is -1.96. The molecule has 18 heavy (non-hydrogen) atoms. The maximum atomic E-state index is 9.02. The maximum Gasteiger partial charge on any atom is 0.161 e. The summed E-state index contributed by atoms with van der Waals surface area (Å²) in [6.45, 7) is -0.179. The first-order chi connectivity index (χ1) is 8.78. The zero-order valence-electron chi connectivity index (χ0n) is 10.3. The monoisotopic (exact) mass is 246 g/mol. The Morgan fingerprint density at radius 1 is 1.11 bits per heavy atom. The highest BCUT2D eigenvalue weighted by Crippen LogP contribution is 2.31. The summed E-state index contributed by atoms with van der Waals surface area (Å²) in [6.07, 6.45) is 1.62. The van der Waals surface area contributed by atoms with Gasteiger partial charge in [-0.1, -0.05) is 0 Å². The molecule has 2 aromatic rings. The standard InChI is InChI=1S/C13H14N2O3/c1-17-11-4-3-9(7-12(11)18-2)10-5-6-14-13(8-16)15-10/h3-7,16H,8H2,1-2H3. The van der Waals surface area contributed by atoms with Crippen LogP contribution in [0.3, 0.4) is 0 Å². The predicted octanol–water partition coefficient (Wildman–Crippen LogP) is 1.65. The van der Waals surface area contributed by atoms with Gasteiger partial charge in [0.15, 0.2) is 17.3 Å². The van der Waals surface area contributed by atoms with Gasteiger partial charge in [-0.05, 0) is 24.3 Å². The SMILES string of the molecule is COc1ccc(-c2ccnc(CO)n2)cc1OC. The minimum Gasteiger partial charge on any atom is -0.493 e.